The first kappa shape index (κ1) is 13.9. The van der Waals surface area contributed by atoms with Crippen LogP contribution in [-0.4, -0.2) is 30.6 Å². The summed E-state index contributed by atoms with van der Waals surface area (Å²) >= 11 is 3.76. The van der Waals surface area contributed by atoms with Gasteiger partial charge in [0.05, 0.1) is 13.5 Å². The third-order valence-corrected chi connectivity index (χ3v) is 5.44. The van der Waals surface area contributed by atoms with Crippen LogP contribution in [0, 0.1) is 0 Å². The van der Waals surface area contributed by atoms with E-state index in [1.54, 1.807) is 11.3 Å². The molecule has 2 heterocycles. The van der Waals surface area contributed by atoms with Crippen LogP contribution in [0.15, 0.2) is 12.1 Å². The molecule has 0 amide bonds. The lowest BCUT2D eigenvalue weighted by atomic mass is 10.2. The number of thiophene rings is 1. The molecule has 1 atom stereocenters. The van der Waals surface area contributed by atoms with Gasteiger partial charge in [0.25, 0.3) is 0 Å². The number of hydrogen-bond acceptors (Lipinski definition) is 5. The van der Waals surface area contributed by atoms with E-state index in [2.05, 4.69) is 27.9 Å². The van der Waals surface area contributed by atoms with Crippen molar-refractivity contribution in [3.63, 3.8) is 0 Å². The Hall–Kier alpha value is -0.520. The Morgan fingerprint density at radius 3 is 3.06 bits per heavy atom. The first-order chi connectivity index (χ1) is 8.78. The van der Waals surface area contributed by atoms with Gasteiger partial charge in [-0.3, -0.25) is 4.79 Å². The van der Waals surface area contributed by atoms with Crippen LogP contribution in [0.3, 0.4) is 0 Å². The molecule has 1 fully saturated rings. The average Bonchev–Trinajstić information content (AvgIpc) is 3.01. The van der Waals surface area contributed by atoms with Gasteiger partial charge in [0.1, 0.15) is 0 Å². The van der Waals surface area contributed by atoms with Gasteiger partial charge < -0.3 is 10.1 Å². The van der Waals surface area contributed by atoms with Crippen LogP contribution < -0.4 is 5.32 Å². The number of nitrogens with one attached hydrogen (secondary N) is 1. The highest BCUT2D eigenvalue weighted by atomic mass is 32.2. The molecular weight excluding hydrogens is 266 g/mol. The van der Waals surface area contributed by atoms with Crippen LogP contribution in [-0.2, 0) is 22.5 Å². The second-order valence-corrected chi connectivity index (χ2v) is 7.05. The third kappa shape index (κ3) is 4.30. The molecule has 1 aliphatic rings. The summed E-state index contributed by atoms with van der Waals surface area (Å²) in [5.41, 5.74) is 0. The Balaban J connectivity index is 1.70. The molecule has 0 saturated carbocycles. The van der Waals surface area contributed by atoms with Crippen molar-refractivity contribution < 1.29 is 9.53 Å². The molecule has 1 aromatic rings. The minimum atomic E-state index is -0.168. The minimum Gasteiger partial charge on any atom is -0.469 e. The summed E-state index contributed by atoms with van der Waals surface area (Å²) in [5, 5.41) is 4.29. The largest absolute Gasteiger partial charge is 0.469 e. The van der Waals surface area contributed by atoms with Gasteiger partial charge in [0.15, 0.2) is 0 Å². The van der Waals surface area contributed by atoms with Gasteiger partial charge in [-0.25, -0.2) is 0 Å². The number of hydrogen-bond donors (Lipinski definition) is 1. The summed E-state index contributed by atoms with van der Waals surface area (Å²) in [6.07, 6.45) is 3.09. The van der Waals surface area contributed by atoms with Gasteiger partial charge >= 0.3 is 5.97 Å². The van der Waals surface area contributed by atoms with E-state index >= 15 is 0 Å². The first-order valence-corrected chi connectivity index (χ1v) is 8.11. The van der Waals surface area contributed by atoms with E-state index in [0.29, 0.717) is 6.42 Å². The molecule has 2 rings (SSSR count). The number of esters is 1. The predicted molar refractivity (Wildman–Crippen MR) is 77.2 cm³/mol. The Bertz CT molecular complexity index is 386. The maximum atomic E-state index is 11.1. The lowest BCUT2D eigenvalue weighted by Crippen LogP contribution is -2.22. The van der Waals surface area contributed by atoms with Crippen molar-refractivity contribution in [3.8, 4) is 0 Å². The molecule has 0 aromatic carbocycles. The van der Waals surface area contributed by atoms with E-state index in [-0.39, 0.29) is 5.97 Å². The fraction of sp³-hybridized carbons (Fsp3) is 0.615. The summed E-state index contributed by atoms with van der Waals surface area (Å²) in [4.78, 5) is 13.5. The molecule has 100 valence electrons. The van der Waals surface area contributed by atoms with Gasteiger partial charge in [0, 0.05) is 28.1 Å². The summed E-state index contributed by atoms with van der Waals surface area (Å²) in [6, 6.07) is 4.11. The van der Waals surface area contributed by atoms with Gasteiger partial charge in [-0.2, -0.15) is 11.8 Å². The monoisotopic (exact) mass is 285 g/mol. The van der Waals surface area contributed by atoms with Crippen molar-refractivity contribution in [1.29, 1.82) is 0 Å². The van der Waals surface area contributed by atoms with Crippen molar-refractivity contribution >= 4 is 29.1 Å². The number of rotatable bonds is 6. The van der Waals surface area contributed by atoms with Crippen molar-refractivity contribution in [2.75, 3.05) is 19.4 Å². The van der Waals surface area contributed by atoms with E-state index in [4.69, 9.17) is 0 Å². The average molecular weight is 285 g/mol. The van der Waals surface area contributed by atoms with Crippen molar-refractivity contribution in [2.24, 2.45) is 0 Å². The van der Waals surface area contributed by atoms with Gasteiger partial charge in [-0.05, 0) is 30.7 Å². The van der Waals surface area contributed by atoms with Crippen LogP contribution in [0.1, 0.15) is 22.6 Å². The lowest BCUT2D eigenvalue weighted by molar-refractivity contribution is -0.139. The fourth-order valence-corrected chi connectivity index (χ4v) is 4.20. The van der Waals surface area contributed by atoms with E-state index in [0.717, 1.165) is 23.2 Å². The molecule has 3 nitrogen and oxygen atoms in total. The van der Waals surface area contributed by atoms with E-state index in [1.807, 2.05) is 6.07 Å². The normalized spacial score (nSPS) is 19.1. The number of methoxy groups -OCH3 is 1. The summed E-state index contributed by atoms with van der Waals surface area (Å²) in [5.74, 6) is 1.15. The van der Waals surface area contributed by atoms with Crippen LogP contribution in [0.25, 0.3) is 0 Å². The van der Waals surface area contributed by atoms with Crippen LogP contribution in [0.2, 0.25) is 0 Å². The zero-order valence-corrected chi connectivity index (χ0v) is 12.2. The Labute approximate surface area is 116 Å². The first-order valence-electron chi connectivity index (χ1n) is 6.24. The standard InChI is InChI=1S/C13H19NO2S2/c1-16-13(15)7-10-4-5-12(18-10)9-14-8-11-3-2-6-17-11/h4-5,11,14H,2-3,6-9H2,1H3. The van der Waals surface area contributed by atoms with E-state index in [1.165, 1.54) is 30.6 Å². The second-order valence-electron chi connectivity index (χ2n) is 4.39. The van der Waals surface area contributed by atoms with E-state index < -0.39 is 0 Å². The molecule has 0 aliphatic carbocycles. The molecule has 0 spiro atoms. The SMILES string of the molecule is COC(=O)Cc1ccc(CNCC2CCCS2)s1. The Kier molecular flexibility index (Phi) is 5.53. The second kappa shape index (κ2) is 7.16. The smallest absolute Gasteiger partial charge is 0.310 e. The highest BCUT2D eigenvalue weighted by molar-refractivity contribution is 8.00. The van der Waals surface area contributed by atoms with Crippen molar-refractivity contribution in [3.05, 3.63) is 21.9 Å². The zero-order valence-electron chi connectivity index (χ0n) is 10.6. The van der Waals surface area contributed by atoms with Crippen molar-refractivity contribution in [1.82, 2.24) is 5.32 Å². The molecule has 1 aromatic heterocycles. The molecule has 1 unspecified atom stereocenters. The fourth-order valence-electron chi connectivity index (χ4n) is 1.99. The molecule has 5 heteroatoms. The predicted octanol–water partition coefficient (Wildman–Crippen LogP) is 2.45. The van der Waals surface area contributed by atoms with Crippen LogP contribution in [0.5, 0.6) is 0 Å². The topological polar surface area (TPSA) is 38.3 Å². The Morgan fingerprint density at radius 2 is 2.33 bits per heavy atom. The lowest BCUT2D eigenvalue weighted by Gasteiger charge is -2.08. The number of carbonyl (C=O) groups excluding carboxylic acids is 1. The summed E-state index contributed by atoms with van der Waals surface area (Å²) in [7, 11) is 1.43. The molecule has 1 saturated heterocycles. The molecular formula is C13H19NO2S2. The van der Waals surface area contributed by atoms with Gasteiger partial charge in [-0.15, -0.1) is 11.3 Å². The Morgan fingerprint density at radius 1 is 1.50 bits per heavy atom. The molecule has 18 heavy (non-hydrogen) atoms. The third-order valence-electron chi connectivity index (χ3n) is 2.96. The van der Waals surface area contributed by atoms with Crippen LogP contribution in [0.4, 0.5) is 0 Å². The number of carbonyl (C=O) groups is 1. The zero-order chi connectivity index (χ0) is 12.8. The summed E-state index contributed by atoms with van der Waals surface area (Å²) < 4.78 is 4.66. The quantitative estimate of drug-likeness (QED) is 0.815. The molecule has 1 N–H and O–H groups in total. The number of thioether (sulfide) groups is 1. The highest BCUT2D eigenvalue weighted by Crippen LogP contribution is 2.25. The molecule has 0 bridgehead atoms. The van der Waals surface area contributed by atoms with Gasteiger partial charge in [-0.1, -0.05) is 0 Å². The number of ether oxygens (including phenoxy) is 1. The highest BCUT2D eigenvalue weighted by Gasteiger charge is 2.14. The maximum Gasteiger partial charge on any atom is 0.310 e. The van der Waals surface area contributed by atoms with Crippen molar-refractivity contribution in [2.45, 2.75) is 31.1 Å². The van der Waals surface area contributed by atoms with Gasteiger partial charge in [0.2, 0.25) is 0 Å². The molecule has 0 radical (unpaired) electrons. The maximum absolute atomic E-state index is 11.1. The molecule has 1 aliphatic heterocycles. The minimum absolute atomic E-state index is 0.168. The van der Waals surface area contributed by atoms with Crippen LogP contribution >= 0.6 is 23.1 Å². The summed E-state index contributed by atoms with van der Waals surface area (Å²) in [6.45, 7) is 2.00. The van der Waals surface area contributed by atoms with E-state index in [9.17, 15) is 4.79 Å².